The van der Waals surface area contributed by atoms with Gasteiger partial charge in [-0.3, -0.25) is 19.4 Å². The molecule has 1 heterocycles. The molecule has 0 amide bonds. The van der Waals surface area contributed by atoms with Gasteiger partial charge in [0.2, 0.25) is 0 Å². The molecule has 0 N–H and O–H groups in total. The molecule has 1 aliphatic carbocycles. The first-order valence-electron chi connectivity index (χ1n) is 12.3. The third kappa shape index (κ3) is 4.55. The molecule has 0 bridgehead atoms. The van der Waals surface area contributed by atoms with Crippen LogP contribution in [-0.2, 0) is 18.5 Å². The summed E-state index contributed by atoms with van der Waals surface area (Å²) in [6.45, 7) is 4.90. The molecule has 1 fully saturated rings. The van der Waals surface area contributed by atoms with E-state index in [4.69, 9.17) is 0 Å². The Labute approximate surface area is 213 Å². The number of aryl methyl sites for hydroxylation is 1. The molecule has 3 aromatic carbocycles. The minimum absolute atomic E-state index is 0.185. The largest absolute Gasteiger partial charge is 0.573 e. The maximum Gasteiger partial charge on any atom is 0.573 e. The Morgan fingerprint density at radius 3 is 2.00 bits per heavy atom. The maximum atomic E-state index is 13.9. The summed E-state index contributed by atoms with van der Waals surface area (Å²) in [4.78, 5) is 32.0. The lowest BCUT2D eigenvalue weighted by Gasteiger charge is -2.44. The van der Waals surface area contributed by atoms with E-state index in [1.807, 2.05) is 17.0 Å². The first-order valence-corrected chi connectivity index (χ1v) is 12.3. The number of ether oxygens (including phenoxy) is 1. The number of hydrogen-bond acceptors (Lipinski definition) is 5. The summed E-state index contributed by atoms with van der Waals surface area (Å²) < 4.78 is 43.1. The zero-order valence-electron chi connectivity index (χ0n) is 20.4. The molecule has 192 valence electrons. The third-order valence-electron chi connectivity index (χ3n) is 7.30. The van der Waals surface area contributed by atoms with Crippen molar-refractivity contribution in [1.82, 2.24) is 9.80 Å². The lowest BCUT2D eigenvalue weighted by molar-refractivity contribution is -0.274. The highest BCUT2D eigenvalue weighted by Crippen LogP contribution is 2.44. The van der Waals surface area contributed by atoms with E-state index in [9.17, 15) is 22.8 Å². The lowest BCUT2D eigenvalue weighted by atomic mass is 9.82. The Hall–Kier alpha value is -3.49. The maximum absolute atomic E-state index is 13.9. The highest BCUT2D eigenvalue weighted by Gasteiger charge is 2.58. The van der Waals surface area contributed by atoms with Crippen molar-refractivity contribution in [3.63, 3.8) is 0 Å². The van der Waals surface area contributed by atoms with Gasteiger partial charge in [-0.2, -0.15) is 0 Å². The Balaban J connectivity index is 1.48. The number of ketones is 2. The van der Waals surface area contributed by atoms with Crippen LogP contribution in [0.2, 0.25) is 0 Å². The number of alkyl halides is 3. The van der Waals surface area contributed by atoms with Gasteiger partial charge in [0, 0.05) is 43.9 Å². The monoisotopic (exact) mass is 508 g/mol. The average Bonchev–Trinajstić information content (AvgIpc) is 3.11. The van der Waals surface area contributed by atoms with Crippen molar-refractivity contribution in [3.8, 4) is 5.75 Å². The predicted octanol–water partition coefficient (Wildman–Crippen LogP) is 5.24. The van der Waals surface area contributed by atoms with E-state index in [1.54, 1.807) is 24.3 Å². The first kappa shape index (κ1) is 25.2. The molecule has 8 heteroatoms. The van der Waals surface area contributed by atoms with Crippen LogP contribution in [-0.4, -0.2) is 53.9 Å². The number of Topliss-reactive ketones (excluding diaryl/α,β-unsaturated/α-hetero) is 2. The summed E-state index contributed by atoms with van der Waals surface area (Å²) in [6.07, 6.45) is -3.96. The van der Waals surface area contributed by atoms with Crippen LogP contribution in [0.1, 0.15) is 44.3 Å². The van der Waals surface area contributed by atoms with Crippen molar-refractivity contribution in [1.29, 1.82) is 0 Å². The molecule has 5 nitrogen and oxygen atoms in total. The van der Waals surface area contributed by atoms with Crippen LogP contribution in [0.5, 0.6) is 5.75 Å². The minimum Gasteiger partial charge on any atom is -0.406 e. The van der Waals surface area contributed by atoms with Gasteiger partial charge >= 0.3 is 6.36 Å². The van der Waals surface area contributed by atoms with Crippen LogP contribution in [0.4, 0.5) is 13.2 Å². The standard InChI is InChI=1S/C29H27F3N2O3/c1-2-20-8-3-4-9-21(20)19-33-14-16-34(17-15-33)28(22-10-7-11-23(18-22)37-29(30,31)32)26(35)24-12-5-6-13-25(24)27(28)36/h3-13,18H,2,14-17,19H2,1H3. The van der Waals surface area contributed by atoms with Crippen molar-refractivity contribution in [3.05, 3.63) is 101 Å². The second-order valence-corrected chi connectivity index (χ2v) is 9.38. The average molecular weight is 509 g/mol. The van der Waals surface area contributed by atoms with E-state index in [0.717, 1.165) is 13.0 Å². The van der Waals surface area contributed by atoms with E-state index < -0.39 is 29.2 Å². The van der Waals surface area contributed by atoms with Gasteiger partial charge in [0.05, 0.1) is 0 Å². The molecular formula is C29H27F3N2O3. The van der Waals surface area contributed by atoms with Crippen molar-refractivity contribution < 1.29 is 27.5 Å². The van der Waals surface area contributed by atoms with Gasteiger partial charge in [0.25, 0.3) is 0 Å². The molecule has 2 aliphatic rings. The van der Waals surface area contributed by atoms with Gasteiger partial charge in [-0.1, -0.05) is 67.6 Å². The van der Waals surface area contributed by atoms with Crippen LogP contribution in [0, 0.1) is 0 Å². The van der Waals surface area contributed by atoms with Gasteiger partial charge in [0.15, 0.2) is 17.1 Å². The SMILES string of the molecule is CCc1ccccc1CN1CCN(C2(c3cccc(OC(F)(F)F)c3)C(=O)c3ccccc3C2=O)CC1. The van der Waals surface area contributed by atoms with Gasteiger partial charge in [0.1, 0.15) is 5.75 Å². The molecule has 1 saturated heterocycles. The van der Waals surface area contributed by atoms with E-state index in [0.29, 0.717) is 26.2 Å². The molecule has 5 rings (SSSR count). The highest BCUT2D eigenvalue weighted by atomic mass is 19.4. The van der Waals surface area contributed by atoms with Crippen molar-refractivity contribution in [2.45, 2.75) is 31.8 Å². The van der Waals surface area contributed by atoms with E-state index in [-0.39, 0.29) is 16.7 Å². The molecule has 0 unspecified atom stereocenters. The van der Waals surface area contributed by atoms with Crippen molar-refractivity contribution >= 4 is 11.6 Å². The van der Waals surface area contributed by atoms with Gasteiger partial charge in [-0.05, 0) is 35.2 Å². The van der Waals surface area contributed by atoms with E-state index in [1.165, 1.54) is 35.4 Å². The quantitative estimate of drug-likeness (QED) is 0.427. The first-order chi connectivity index (χ1) is 17.7. The fourth-order valence-corrected chi connectivity index (χ4v) is 5.56. The summed E-state index contributed by atoms with van der Waals surface area (Å²) in [5.74, 6) is -1.29. The van der Waals surface area contributed by atoms with Gasteiger partial charge < -0.3 is 4.74 Å². The fourth-order valence-electron chi connectivity index (χ4n) is 5.56. The summed E-state index contributed by atoms with van der Waals surface area (Å²) in [5.41, 5.74) is 1.54. The molecule has 1 aliphatic heterocycles. The molecule has 0 saturated carbocycles. The Kier molecular flexibility index (Phi) is 6.64. The summed E-state index contributed by atoms with van der Waals surface area (Å²) in [6, 6.07) is 20.1. The molecule has 0 aromatic heterocycles. The van der Waals surface area contributed by atoms with Crippen LogP contribution in [0.3, 0.4) is 0 Å². The number of halogens is 3. The predicted molar refractivity (Wildman–Crippen MR) is 133 cm³/mol. The Morgan fingerprint density at radius 1 is 0.811 bits per heavy atom. The van der Waals surface area contributed by atoms with Gasteiger partial charge in [-0.25, -0.2) is 0 Å². The lowest BCUT2D eigenvalue weighted by Crippen LogP contribution is -2.60. The molecule has 0 spiro atoms. The summed E-state index contributed by atoms with van der Waals surface area (Å²) in [5, 5.41) is 0. The van der Waals surface area contributed by atoms with Crippen LogP contribution < -0.4 is 4.74 Å². The molecular weight excluding hydrogens is 481 g/mol. The number of hydrogen-bond donors (Lipinski definition) is 0. The van der Waals surface area contributed by atoms with Gasteiger partial charge in [-0.15, -0.1) is 13.2 Å². The zero-order valence-corrected chi connectivity index (χ0v) is 20.4. The topological polar surface area (TPSA) is 49.9 Å². The Bertz CT molecular complexity index is 1290. The minimum atomic E-state index is -4.89. The zero-order chi connectivity index (χ0) is 26.2. The summed E-state index contributed by atoms with van der Waals surface area (Å²) >= 11 is 0. The second kappa shape index (κ2) is 9.76. The van der Waals surface area contributed by atoms with Crippen molar-refractivity contribution in [2.75, 3.05) is 26.2 Å². The second-order valence-electron chi connectivity index (χ2n) is 9.38. The number of nitrogens with zero attached hydrogens (tertiary/aromatic N) is 2. The summed E-state index contributed by atoms with van der Waals surface area (Å²) in [7, 11) is 0. The van der Waals surface area contributed by atoms with E-state index in [2.05, 4.69) is 28.7 Å². The number of carbonyl (C=O) groups excluding carboxylic acids is 2. The van der Waals surface area contributed by atoms with Crippen LogP contribution >= 0.6 is 0 Å². The smallest absolute Gasteiger partial charge is 0.406 e. The third-order valence-corrected chi connectivity index (χ3v) is 7.30. The molecule has 37 heavy (non-hydrogen) atoms. The number of carbonyl (C=O) groups is 2. The number of fused-ring (bicyclic) bond motifs is 1. The number of piperazine rings is 1. The normalized spacial score (nSPS) is 18.2. The Morgan fingerprint density at radius 2 is 1.41 bits per heavy atom. The highest BCUT2D eigenvalue weighted by molar-refractivity contribution is 6.32. The van der Waals surface area contributed by atoms with E-state index >= 15 is 0 Å². The number of rotatable bonds is 6. The molecule has 3 aromatic rings. The van der Waals surface area contributed by atoms with Crippen molar-refractivity contribution in [2.24, 2.45) is 0 Å². The molecule has 0 radical (unpaired) electrons. The van der Waals surface area contributed by atoms with Crippen LogP contribution in [0.25, 0.3) is 0 Å². The molecule has 0 atom stereocenters. The fraction of sp³-hybridized carbons (Fsp3) is 0.310. The van der Waals surface area contributed by atoms with Crippen LogP contribution in [0.15, 0.2) is 72.8 Å². The number of benzene rings is 3.